The van der Waals surface area contributed by atoms with Crippen LogP contribution in [0, 0.1) is 0 Å². The van der Waals surface area contributed by atoms with Crippen molar-refractivity contribution in [1.82, 2.24) is 9.62 Å². The van der Waals surface area contributed by atoms with Crippen LogP contribution in [0.15, 0.2) is 77.1 Å². The number of nitrogens with zero attached hydrogens (tertiary/aromatic N) is 1. The molecule has 0 radical (unpaired) electrons. The largest absolute Gasteiger partial charge is 0.492 e. The zero-order chi connectivity index (χ0) is 24.4. The van der Waals surface area contributed by atoms with Gasteiger partial charge in [0.2, 0.25) is 10.0 Å². The summed E-state index contributed by atoms with van der Waals surface area (Å²) in [6.45, 7) is 10.1. The van der Waals surface area contributed by atoms with Crippen LogP contribution < -0.4 is 15.4 Å². The summed E-state index contributed by atoms with van der Waals surface area (Å²) in [5.74, 6) is 0.267. The van der Waals surface area contributed by atoms with Gasteiger partial charge in [-0.1, -0.05) is 19.1 Å². The first-order valence-electron chi connectivity index (χ1n) is 10.1. The molecule has 0 bridgehead atoms. The van der Waals surface area contributed by atoms with Gasteiger partial charge in [0, 0.05) is 24.3 Å². The van der Waals surface area contributed by atoms with E-state index in [1.54, 1.807) is 30.3 Å². The lowest BCUT2D eigenvalue weighted by atomic mass is 10.2. The van der Waals surface area contributed by atoms with Gasteiger partial charge in [-0.2, -0.15) is 4.31 Å². The van der Waals surface area contributed by atoms with E-state index in [1.165, 1.54) is 28.6 Å². The Morgan fingerprint density at radius 2 is 1.79 bits per heavy atom. The Hall–Kier alpha value is -2.53. The van der Waals surface area contributed by atoms with E-state index < -0.39 is 10.0 Å². The first kappa shape index (κ1) is 26.7. The Balaban J connectivity index is 2.03. The zero-order valence-electron chi connectivity index (χ0n) is 18.2. The molecule has 1 amide bonds. The highest BCUT2D eigenvalue weighted by Crippen LogP contribution is 2.26. The number of carbonyl (C=O) groups is 1. The maximum absolute atomic E-state index is 12.8. The van der Waals surface area contributed by atoms with Crippen molar-refractivity contribution in [2.45, 2.75) is 18.2 Å². The summed E-state index contributed by atoms with van der Waals surface area (Å²) in [5.41, 5.74) is 0.934. The molecule has 176 valence electrons. The Bertz CT molecular complexity index is 1110. The predicted molar refractivity (Wildman–Crippen MR) is 139 cm³/mol. The Morgan fingerprint density at radius 1 is 1.15 bits per heavy atom. The van der Waals surface area contributed by atoms with Crippen LogP contribution in [-0.2, 0) is 10.0 Å². The van der Waals surface area contributed by atoms with Gasteiger partial charge >= 0.3 is 0 Å². The first-order chi connectivity index (χ1) is 15.7. The van der Waals surface area contributed by atoms with E-state index >= 15 is 0 Å². The van der Waals surface area contributed by atoms with Crippen LogP contribution in [0.2, 0.25) is 0 Å². The average molecular weight is 553 g/mol. The van der Waals surface area contributed by atoms with Gasteiger partial charge in [-0.15, -0.1) is 13.2 Å². The van der Waals surface area contributed by atoms with Crippen molar-refractivity contribution in [2.75, 3.05) is 25.0 Å². The van der Waals surface area contributed by atoms with Crippen molar-refractivity contribution >= 4 is 54.9 Å². The van der Waals surface area contributed by atoms with Gasteiger partial charge in [0.15, 0.2) is 5.11 Å². The predicted octanol–water partition coefficient (Wildman–Crippen LogP) is 4.73. The third-order valence-corrected chi connectivity index (χ3v) is 6.97. The van der Waals surface area contributed by atoms with Gasteiger partial charge in [0.1, 0.15) is 5.75 Å². The second-order valence-corrected chi connectivity index (χ2v) is 10.0. The normalized spacial score (nSPS) is 11.0. The molecule has 2 aromatic carbocycles. The Kier molecular flexibility index (Phi) is 10.2. The highest BCUT2D eigenvalue weighted by molar-refractivity contribution is 9.10. The Labute approximate surface area is 208 Å². The quantitative estimate of drug-likeness (QED) is 0.310. The molecular weight excluding hydrogens is 526 g/mol. The number of amides is 1. The number of hydrogen-bond acceptors (Lipinski definition) is 5. The van der Waals surface area contributed by atoms with Gasteiger partial charge in [0.25, 0.3) is 5.91 Å². The zero-order valence-corrected chi connectivity index (χ0v) is 21.4. The fourth-order valence-electron chi connectivity index (χ4n) is 2.73. The second kappa shape index (κ2) is 12.6. The lowest BCUT2D eigenvalue weighted by Crippen LogP contribution is -2.34. The number of hydrogen-bond donors (Lipinski definition) is 2. The number of benzene rings is 2. The molecule has 0 aliphatic rings. The van der Waals surface area contributed by atoms with Gasteiger partial charge in [-0.05, 0) is 77.0 Å². The fraction of sp³-hybridized carbons (Fsp3) is 0.217. The molecule has 7 nitrogen and oxygen atoms in total. The van der Waals surface area contributed by atoms with Crippen molar-refractivity contribution in [3.63, 3.8) is 0 Å². The summed E-state index contributed by atoms with van der Waals surface area (Å²) in [7, 11) is -3.69. The van der Waals surface area contributed by atoms with Crippen molar-refractivity contribution in [3.8, 4) is 5.75 Å². The van der Waals surface area contributed by atoms with Crippen molar-refractivity contribution in [3.05, 3.63) is 77.8 Å². The maximum atomic E-state index is 12.8. The van der Waals surface area contributed by atoms with Crippen LogP contribution >= 0.6 is 28.1 Å². The third kappa shape index (κ3) is 7.50. The maximum Gasteiger partial charge on any atom is 0.257 e. The molecule has 10 heteroatoms. The highest BCUT2D eigenvalue weighted by atomic mass is 79.9. The van der Waals surface area contributed by atoms with Crippen LogP contribution in [0.25, 0.3) is 0 Å². The van der Waals surface area contributed by atoms with Gasteiger partial charge in [-0.3, -0.25) is 10.1 Å². The van der Waals surface area contributed by atoms with Crippen LogP contribution in [0.3, 0.4) is 0 Å². The summed E-state index contributed by atoms with van der Waals surface area (Å²) < 4.78 is 33.1. The Morgan fingerprint density at radius 3 is 2.33 bits per heavy atom. The molecule has 0 spiro atoms. The minimum absolute atomic E-state index is 0.0815. The number of anilines is 1. The van der Waals surface area contributed by atoms with E-state index in [-0.39, 0.29) is 29.0 Å². The van der Waals surface area contributed by atoms with Crippen molar-refractivity contribution in [2.24, 2.45) is 0 Å². The molecule has 2 N–H and O–H groups in total. The first-order valence-corrected chi connectivity index (χ1v) is 12.7. The molecule has 2 rings (SSSR count). The van der Waals surface area contributed by atoms with Crippen LogP contribution in [0.1, 0.15) is 23.7 Å². The molecule has 33 heavy (non-hydrogen) atoms. The summed E-state index contributed by atoms with van der Waals surface area (Å²) >= 11 is 8.62. The number of rotatable bonds is 11. The molecule has 0 heterocycles. The van der Waals surface area contributed by atoms with E-state index in [4.69, 9.17) is 17.0 Å². The summed E-state index contributed by atoms with van der Waals surface area (Å²) in [4.78, 5) is 12.6. The molecule has 0 unspecified atom stereocenters. The SMILES string of the molecule is C=CCN(CC=C)S(=O)(=O)c1ccc(NC(=S)NC(=O)c2ccc(OCCC)c(Br)c2)cc1. The van der Waals surface area contributed by atoms with Gasteiger partial charge in [0.05, 0.1) is 16.0 Å². The minimum Gasteiger partial charge on any atom is -0.492 e. The van der Waals surface area contributed by atoms with Gasteiger partial charge < -0.3 is 10.1 Å². The molecule has 0 saturated carbocycles. The highest BCUT2D eigenvalue weighted by Gasteiger charge is 2.22. The lowest BCUT2D eigenvalue weighted by Gasteiger charge is -2.19. The fourth-order valence-corrected chi connectivity index (χ4v) is 4.81. The average Bonchev–Trinajstić information content (AvgIpc) is 2.78. The molecule has 0 fully saturated rings. The summed E-state index contributed by atoms with van der Waals surface area (Å²) in [6, 6.07) is 11.1. The standard InChI is InChI=1S/C23H26BrN3O4S2/c1-4-13-27(14-5-2)33(29,30)19-10-8-18(9-11-19)25-23(32)26-22(28)17-7-12-21(20(24)16-17)31-15-6-3/h4-5,7-12,16H,1-2,6,13-15H2,3H3,(H2,25,26,28,32). The monoisotopic (exact) mass is 551 g/mol. The number of ether oxygens (including phenoxy) is 1. The lowest BCUT2D eigenvalue weighted by molar-refractivity contribution is 0.0977. The van der Waals surface area contributed by atoms with E-state index in [2.05, 4.69) is 39.7 Å². The van der Waals surface area contributed by atoms with E-state index in [1.807, 2.05) is 6.92 Å². The minimum atomic E-state index is -3.69. The number of sulfonamides is 1. The number of carbonyl (C=O) groups excluding carboxylic acids is 1. The second-order valence-electron chi connectivity index (χ2n) is 6.83. The number of thiocarbonyl (C=S) groups is 1. The smallest absolute Gasteiger partial charge is 0.257 e. The topological polar surface area (TPSA) is 87.7 Å². The third-order valence-electron chi connectivity index (χ3n) is 4.30. The van der Waals surface area contributed by atoms with E-state index in [9.17, 15) is 13.2 Å². The summed E-state index contributed by atoms with van der Waals surface area (Å²) in [6.07, 6.45) is 3.91. The summed E-state index contributed by atoms with van der Waals surface area (Å²) in [5, 5.41) is 5.56. The van der Waals surface area contributed by atoms with Crippen LogP contribution in [0.4, 0.5) is 5.69 Å². The number of halogens is 1. The number of nitrogens with one attached hydrogen (secondary N) is 2. The molecular formula is C23H26BrN3O4S2. The van der Waals surface area contributed by atoms with E-state index in [0.717, 1.165) is 6.42 Å². The molecule has 0 aromatic heterocycles. The molecule has 0 aliphatic carbocycles. The molecule has 2 aromatic rings. The van der Waals surface area contributed by atoms with Crippen LogP contribution in [-0.4, -0.2) is 43.4 Å². The molecule has 0 aliphatic heterocycles. The molecule has 0 atom stereocenters. The van der Waals surface area contributed by atoms with Crippen molar-refractivity contribution < 1.29 is 17.9 Å². The molecule has 0 saturated heterocycles. The van der Waals surface area contributed by atoms with Crippen molar-refractivity contribution in [1.29, 1.82) is 0 Å². The van der Waals surface area contributed by atoms with Crippen LogP contribution in [0.5, 0.6) is 5.75 Å². The van der Waals surface area contributed by atoms with E-state index in [0.29, 0.717) is 28.1 Å². The van der Waals surface area contributed by atoms with Gasteiger partial charge in [-0.25, -0.2) is 8.42 Å².